The highest BCUT2D eigenvalue weighted by Crippen LogP contribution is 2.17. The molecule has 0 amide bonds. The Kier molecular flexibility index (Phi) is 4.20. The monoisotopic (exact) mass is 237 g/mol. The van der Waals surface area contributed by atoms with Crippen molar-refractivity contribution in [3.63, 3.8) is 0 Å². The Labute approximate surface area is 103 Å². The maximum absolute atomic E-state index is 5.64. The van der Waals surface area contributed by atoms with Gasteiger partial charge in [0.15, 0.2) is 0 Å². The van der Waals surface area contributed by atoms with Gasteiger partial charge in [-0.1, -0.05) is 0 Å². The van der Waals surface area contributed by atoms with Gasteiger partial charge >= 0.3 is 0 Å². The van der Waals surface area contributed by atoms with E-state index in [1.165, 1.54) is 24.9 Å². The number of nitrogens with two attached hydrogens (primary N) is 1. The molecule has 0 radical (unpaired) electrons. The van der Waals surface area contributed by atoms with E-state index in [1.807, 2.05) is 6.07 Å². The third-order valence-electron chi connectivity index (χ3n) is 3.66. The Morgan fingerprint density at radius 1 is 1.59 bits per heavy atom. The van der Waals surface area contributed by atoms with Crippen molar-refractivity contribution in [2.24, 2.45) is 5.73 Å². The van der Waals surface area contributed by atoms with Gasteiger partial charge < -0.3 is 20.0 Å². The number of nitrogens with zero attached hydrogens (tertiary/aromatic N) is 2. The lowest BCUT2D eigenvalue weighted by molar-refractivity contribution is 0.214. The van der Waals surface area contributed by atoms with Crippen LogP contribution in [0.5, 0.6) is 0 Å². The molecule has 1 aliphatic rings. The molecule has 1 unspecified atom stereocenters. The predicted molar refractivity (Wildman–Crippen MR) is 68.6 cm³/mol. The second kappa shape index (κ2) is 5.67. The molecule has 2 rings (SSSR count). The van der Waals surface area contributed by atoms with E-state index in [0.717, 1.165) is 18.8 Å². The van der Waals surface area contributed by atoms with E-state index in [1.54, 1.807) is 6.26 Å². The summed E-state index contributed by atoms with van der Waals surface area (Å²) < 4.78 is 5.34. The van der Waals surface area contributed by atoms with Gasteiger partial charge in [0, 0.05) is 24.7 Å². The van der Waals surface area contributed by atoms with Crippen molar-refractivity contribution in [2.75, 3.05) is 27.2 Å². The zero-order valence-electron chi connectivity index (χ0n) is 10.9. The zero-order valence-corrected chi connectivity index (χ0v) is 10.9. The molecule has 0 bridgehead atoms. The third kappa shape index (κ3) is 3.09. The van der Waals surface area contributed by atoms with Crippen LogP contribution in [-0.2, 0) is 13.1 Å². The van der Waals surface area contributed by atoms with Crippen LogP contribution in [0.15, 0.2) is 16.7 Å². The molecule has 0 aliphatic carbocycles. The molecule has 1 aliphatic heterocycles. The molecular weight excluding hydrogens is 214 g/mol. The molecule has 2 heterocycles. The molecule has 4 heteroatoms. The van der Waals surface area contributed by atoms with E-state index in [2.05, 4.69) is 23.9 Å². The molecule has 96 valence electrons. The molecule has 1 fully saturated rings. The van der Waals surface area contributed by atoms with Crippen molar-refractivity contribution in [1.82, 2.24) is 9.80 Å². The summed E-state index contributed by atoms with van der Waals surface area (Å²) in [6.07, 6.45) is 4.37. The number of rotatable bonds is 5. The van der Waals surface area contributed by atoms with Crippen LogP contribution in [0.3, 0.4) is 0 Å². The fourth-order valence-corrected chi connectivity index (χ4v) is 2.61. The smallest absolute Gasteiger partial charge is 0.121 e. The number of furan rings is 1. The summed E-state index contributed by atoms with van der Waals surface area (Å²) in [4.78, 5) is 4.81. The van der Waals surface area contributed by atoms with Crippen LogP contribution in [0, 0.1) is 0 Å². The molecule has 17 heavy (non-hydrogen) atoms. The van der Waals surface area contributed by atoms with E-state index in [0.29, 0.717) is 12.6 Å². The molecule has 0 saturated carbocycles. The summed E-state index contributed by atoms with van der Waals surface area (Å²) in [6.45, 7) is 3.76. The van der Waals surface area contributed by atoms with Crippen molar-refractivity contribution in [3.05, 3.63) is 23.7 Å². The minimum atomic E-state index is 0.486. The van der Waals surface area contributed by atoms with E-state index in [9.17, 15) is 0 Å². The fraction of sp³-hybridized carbons (Fsp3) is 0.692. The Bertz CT molecular complexity index is 350. The summed E-state index contributed by atoms with van der Waals surface area (Å²) in [6, 6.07) is 2.73. The maximum atomic E-state index is 5.64. The third-order valence-corrected chi connectivity index (χ3v) is 3.66. The van der Waals surface area contributed by atoms with Gasteiger partial charge in [-0.3, -0.25) is 0 Å². The Balaban J connectivity index is 1.86. The van der Waals surface area contributed by atoms with Gasteiger partial charge in [-0.15, -0.1) is 0 Å². The SMILES string of the molecule is CN(Cc1ccoc1CN)CC1CCCN1C. The summed E-state index contributed by atoms with van der Waals surface area (Å²) in [5, 5.41) is 0. The number of likely N-dealkylation sites (tertiary alicyclic amines) is 1. The first-order valence-electron chi connectivity index (χ1n) is 6.34. The van der Waals surface area contributed by atoms with Crippen molar-refractivity contribution in [3.8, 4) is 0 Å². The number of hydrogen-bond acceptors (Lipinski definition) is 4. The topological polar surface area (TPSA) is 45.6 Å². The van der Waals surface area contributed by atoms with Crippen LogP contribution in [0.25, 0.3) is 0 Å². The number of likely N-dealkylation sites (N-methyl/N-ethyl adjacent to an activating group) is 2. The predicted octanol–water partition coefficient (Wildman–Crippen LogP) is 1.26. The standard InChI is InChI=1S/C13H23N3O/c1-15(10-12-4-3-6-16(12)2)9-11-5-7-17-13(11)8-14/h5,7,12H,3-4,6,8-10,14H2,1-2H3. The van der Waals surface area contributed by atoms with Crippen LogP contribution in [0.2, 0.25) is 0 Å². The van der Waals surface area contributed by atoms with Crippen molar-refractivity contribution in [1.29, 1.82) is 0 Å². The highest BCUT2D eigenvalue weighted by atomic mass is 16.3. The molecule has 1 aromatic rings. The van der Waals surface area contributed by atoms with Crippen LogP contribution in [-0.4, -0.2) is 43.0 Å². The molecular formula is C13H23N3O. The highest BCUT2D eigenvalue weighted by Gasteiger charge is 2.22. The second-order valence-corrected chi connectivity index (χ2v) is 5.05. The first kappa shape index (κ1) is 12.6. The molecule has 2 N–H and O–H groups in total. The molecule has 1 aromatic heterocycles. The average molecular weight is 237 g/mol. The van der Waals surface area contributed by atoms with Gasteiger partial charge in [0.25, 0.3) is 0 Å². The molecule has 1 atom stereocenters. The Morgan fingerprint density at radius 2 is 2.41 bits per heavy atom. The van der Waals surface area contributed by atoms with Gasteiger partial charge in [0.2, 0.25) is 0 Å². The average Bonchev–Trinajstić information content (AvgIpc) is 2.89. The van der Waals surface area contributed by atoms with E-state index in [-0.39, 0.29) is 0 Å². The minimum Gasteiger partial charge on any atom is -0.468 e. The molecule has 1 saturated heterocycles. The fourth-order valence-electron chi connectivity index (χ4n) is 2.61. The van der Waals surface area contributed by atoms with Crippen molar-refractivity contribution in [2.45, 2.75) is 32.0 Å². The van der Waals surface area contributed by atoms with Crippen molar-refractivity contribution >= 4 is 0 Å². The Morgan fingerprint density at radius 3 is 3.06 bits per heavy atom. The van der Waals surface area contributed by atoms with Gasteiger partial charge in [0.05, 0.1) is 12.8 Å². The normalized spacial score (nSPS) is 21.5. The van der Waals surface area contributed by atoms with Crippen LogP contribution in [0.4, 0.5) is 0 Å². The highest BCUT2D eigenvalue weighted by molar-refractivity contribution is 5.16. The summed E-state index contributed by atoms with van der Waals surface area (Å²) in [7, 11) is 4.38. The van der Waals surface area contributed by atoms with Gasteiger partial charge in [-0.25, -0.2) is 0 Å². The van der Waals surface area contributed by atoms with Crippen LogP contribution >= 0.6 is 0 Å². The van der Waals surface area contributed by atoms with E-state index < -0.39 is 0 Å². The maximum Gasteiger partial charge on any atom is 0.121 e. The Hall–Kier alpha value is -0.840. The zero-order chi connectivity index (χ0) is 12.3. The van der Waals surface area contributed by atoms with Crippen molar-refractivity contribution < 1.29 is 4.42 Å². The minimum absolute atomic E-state index is 0.486. The first-order valence-corrected chi connectivity index (χ1v) is 6.34. The first-order chi connectivity index (χ1) is 8.20. The molecule has 4 nitrogen and oxygen atoms in total. The largest absolute Gasteiger partial charge is 0.468 e. The molecule has 0 spiro atoms. The molecule has 0 aromatic carbocycles. The van der Waals surface area contributed by atoms with E-state index >= 15 is 0 Å². The lowest BCUT2D eigenvalue weighted by Gasteiger charge is -2.25. The van der Waals surface area contributed by atoms with Gasteiger partial charge in [-0.2, -0.15) is 0 Å². The van der Waals surface area contributed by atoms with Gasteiger partial charge in [0.1, 0.15) is 5.76 Å². The summed E-state index contributed by atoms with van der Waals surface area (Å²) >= 11 is 0. The van der Waals surface area contributed by atoms with Crippen LogP contribution in [0.1, 0.15) is 24.2 Å². The summed E-state index contributed by atoms with van der Waals surface area (Å²) in [5.74, 6) is 0.914. The summed E-state index contributed by atoms with van der Waals surface area (Å²) in [5.41, 5.74) is 6.85. The lowest BCUT2D eigenvalue weighted by Crippen LogP contribution is -2.36. The van der Waals surface area contributed by atoms with E-state index in [4.69, 9.17) is 10.2 Å². The quantitative estimate of drug-likeness (QED) is 0.837. The lowest BCUT2D eigenvalue weighted by atomic mass is 10.2. The number of hydrogen-bond donors (Lipinski definition) is 1. The second-order valence-electron chi connectivity index (χ2n) is 5.05. The van der Waals surface area contributed by atoms with Crippen LogP contribution < -0.4 is 5.73 Å². The van der Waals surface area contributed by atoms with Gasteiger partial charge in [-0.05, 0) is 39.5 Å².